The zero-order valence-corrected chi connectivity index (χ0v) is 9.55. The first-order valence-corrected chi connectivity index (χ1v) is 5.56. The highest BCUT2D eigenvalue weighted by atomic mass is 19.4. The second-order valence-corrected chi connectivity index (χ2v) is 3.93. The third-order valence-corrected chi connectivity index (χ3v) is 2.64. The number of nitrogens with one attached hydrogen (secondary N) is 1. The molecule has 0 unspecified atom stereocenters. The molecule has 0 amide bonds. The molecule has 0 spiro atoms. The Balaban J connectivity index is 2.36. The topological polar surface area (TPSA) is 51.0 Å². The maximum Gasteiger partial charge on any atom is 0.573 e. The van der Waals surface area contributed by atoms with Crippen molar-refractivity contribution in [2.24, 2.45) is 5.73 Å². The number of hydrogen-bond acceptors (Lipinski definition) is 2. The molecule has 0 aliphatic carbocycles. The van der Waals surface area contributed by atoms with E-state index >= 15 is 0 Å². The molecule has 1 aromatic carbocycles. The number of fused-ring (bicyclic) bond motifs is 1. The molecule has 0 aliphatic heterocycles. The predicted molar refractivity (Wildman–Crippen MR) is 62.4 cm³/mol. The van der Waals surface area contributed by atoms with E-state index in [4.69, 9.17) is 5.73 Å². The first-order chi connectivity index (χ1) is 8.51. The van der Waals surface area contributed by atoms with Crippen LogP contribution in [0.3, 0.4) is 0 Å². The quantitative estimate of drug-likeness (QED) is 0.885. The minimum absolute atomic E-state index is 0.209. The van der Waals surface area contributed by atoms with Gasteiger partial charge in [0.15, 0.2) is 5.75 Å². The van der Waals surface area contributed by atoms with Crippen LogP contribution in [0.25, 0.3) is 10.9 Å². The lowest BCUT2D eigenvalue weighted by atomic mass is 10.1. The average molecular weight is 258 g/mol. The maximum atomic E-state index is 12.2. The van der Waals surface area contributed by atoms with Gasteiger partial charge in [-0.3, -0.25) is 0 Å². The molecule has 98 valence electrons. The molecular weight excluding hydrogens is 245 g/mol. The Morgan fingerprint density at radius 2 is 2.06 bits per heavy atom. The number of hydrogen-bond donors (Lipinski definition) is 2. The van der Waals surface area contributed by atoms with E-state index in [0.29, 0.717) is 12.1 Å². The molecule has 18 heavy (non-hydrogen) atoms. The lowest BCUT2D eigenvalue weighted by Gasteiger charge is -2.09. The number of nitrogens with two attached hydrogens (primary N) is 1. The van der Waals surface area contributed by atoms with Crippen LogP contribution in [0.1, 0.15) is 12.0 Å². The molecule has 3 nitrogen and oxygen atoms in total. The Kier molecular flexibility index (Phi) is 3.47. The highest BCUT2D eigenvalue weighted by molar-refractivity contribution is 5.88. The summed E-state index contributed by atoms with van der Waals surface area (Å²) in [6.07, 6.45) is -1.47. The summed E-state index contributed by atoms with van der Waals surface area (Å²) >= 11 is 0. The minimum Gasteiger partial charge on any atom is -0.404 e. The van der Waals surface area contributed by atoms with Gasteiger partial charge in [-0.2, -0.15) is 0 Å². The van der Waals surface area contributed by atoms with Crippen molar-refractivity contribution in [2.75, 3.05) is 6.54 Å². The van der Waals surface area contributed by atoms with Crippen molar-refractivity contribution in [3.63, 3.8) is 0 Å². The fourth-order valence-electron chi connectivity index (χ4n) is 1.89. The number of aryl methyl sites for hydroxylation is 1. The van der Waals surface area contributed by atoms with Gasteiger partial charge in [0.2, 0.25) is 0 Å². The monoisotopic (exact) mass is 258 g/mol. The van der Waals surface area contributed by atoms with Crippen LogP contribution in [0.15, 0.2) is 24.4 Å². The number of ether oxygens (including phenoxy) is 1. The molecular formula is C12H13F3N2O. The van der Waals surface area contributed by atoms with Crippen molar-refractivity contribution >= 4 is 10.9 Å². The lowest BCUT2D eigenvalue weighted by molar-refractivity contribution is -0.274. The zero-order chi connectivity index (χ0) is 13.2. The molecule has 0 aliphatic rings. The summed E-state index contributed by atoms with van der Waals surface area (Å²) < 4.78 is 40.7. The van der Waals surface area contributed by atoms with E-state index in [1.165, 1.54) is 6.07 Å². The molecule has 6 heteroatoms. The maximum absolute atomic E-state index is 12.2. The van der Waals surface area contributed by atoms with Crippen LogP contribution < -0.4 is 10.5 Å². The molecule has 0 fully saturated rings. The Hall–Kier alpha value is -1.69. The van der Waals surface area contributed by atoms with Crippen LogP contribution in [0.4, 0.5) is 13.2 Å². The van der Waals surface area contributed by atoms with E-state index in [-0.39, 0.29) is 5.75 Å². The second kappa shape index (κ2) is 4.89. The smallest absolute Gasteiger partial charge is 0.404 e. The van der Waals surface area contributed by atoms with E-state index < -0.39 is 6.36 Å². The zero-order valence-electron chi connectivity index (χ0n) is 9.55. The van der Waals surface area contributed by atoms with Crippen LogP contribution in [-0.4, -0.2) is 17.9 Å². The standard InChI is InChI=1S/C12H13F3N2O/c13-12(14,15)18-10-5-1-4-9-8(3-2-6-16)7-17-11(9)10/h1,4-5,7,17H,2-3,6,16H2. The predicted octanol–water partition coefficient (Wildman–Crippen LogP) is 2.96. The Morgan fingerprint density at radius 3 is 2.72 bits per heavy atom. The van der Waals surface area contributed by atoms with Crippen molar-refractivity contribution < 1.29 is 17.9 Å². The van der Waals surface area contributed by atoms with Crippen molar-refractivity contribution in [1.29, 1.82) is 0 Å². The van der Waals surface area contributed by atoms with Crippen molar-refractivity contribution in [3.8, 4) is 5.75 Å². The largest absolute Gasteiger partial charge is 0.573 e. The number of alkyl halides is 3. The van der Waals surface area contributed by atoms with Gasteiger partial charge in [0, 0.05) is 11.6 Å². The molecule has 3 N–H and O–H groups in total. The van der Waals surface area contributed by atoms with Gasteiger partial charge >= 0.3 is 6.36 Å². The van der Waals surface area contributed by atoms with Gasteiger partial charge in [-0.05, 0) is 31.0 Å². The van der Waals surface area contributed by atoms with E-state index in [2.05, 4.69) is 9.72 Å². The highest BCUT2D eigenvalue weighted by Crippen LogP contribution is 2.31. The van der Waals surface area contributed by atoms with E-state index in [1.54, 1.807) is 18.3 Å². The van der Waals surface area contributed by atoms with Crippen LogP contribution in [0.2, 0.25) is 0 Å². The molecule has 0 radical (unpaired) electrons. The molecule has 1 heterocycles. The molecule has 2 rings (SSSR count). The summed E-state index contributed by atoms with van der Waals surface area (Å²) in [4.78, 5) is 2.82. The van der Waals surface area contributed by atoms with Crippen molar-refractivity contribution in [3.05, 3.63) is 30.0 Å². The normalized spacial score (nSPS) is 12.0. The van der Waals surface area contributed by atoms with Gasteiger partial charge in [-0.15, -0.1) is 13.2 Å². The third kappa shape index (κ3) is 2.76. The average Bonchev–Trinajstić information content (AvgIpc) is 2.69. The van der Waals surface area contributed by atoms with Crippen LogP contribution in [-0.2, 0) is 6.42 Å². The van der Waals surface area contributed by atoms with Gasteiger partial charge in [0.1, 0.15) is 0 Å². The van der Waals surface area contributed by atoms with Gasteiger partial charge in [0.25, 0.3) is 0 Å². The Labute approximate surface area is 102 Å². The van der Waals surface area contributed by atoms with Crippen molar-refractivity contribution in [1.82, 2.24) is 4.98 Å². The Morgan fingerprint density at radius 1 is 1.28 bits per heavy atom. The van der Waals surface area contributed by atoms with Crippen LogP contribution in [0, 0.1) is 0 Å². The fourth-order valence-corrected chi connectivity index (χ4v) is 1.89. The SMILES string of the molecule is NCCCc1c[nH]c2c(OC(F)(F)F)cccc12. The molecule has 0 saturated heterocycles. The van der Waals surface area contributed by atoms with Crippen molar-refractivity contribution in [2.45, 2.75) is 19.2 Å². The second-order valence-electron chi connectivity index (χ2n) is 3.93. The number of H-pyrrole nitrogens is 1. The van der Waals surface area contributed by atoms with E-state index in [1.807, 2.05) is 0 Å². The summed E-state index contributed by atoms with van der Waals surface area (Å²) in [5.41, 5.74) is 6.73. The molecule has 0 bridgehead atoms. The minimum atomic E-state index is -4.68. The number of halogens is 3. The number of aromatic nitrogens is 1. The van der Waals surface area contributed by atoms with Crippen LogP contribution >= 0.6 is 0 Å². The Bertz CT molecular complexity index is 534. The fraction of sp³-hybridized carbons (Fsp3) is 0.333. The summed E-state index contributed by atoms with van der Waals surface area (Å²) in [5.74, 6) is -0.209. The van der Waals surface area contributed by atoms with E-state index in [9.17, 15) is 13.2 Å². The van der Waals surface area contributed by atoms with Crippen LogP contribution in [0.5, 0.6) is 5.75 Å². The van der Waals surface area contributed by atoms with Gasteiger partial charge in [-0.1, -0.05) is 12.1 Å². The molecule has 2 aromatic rings. The van der Waals surface area contributed by atoms with Gasteiger partial charge in [-0.25, -0.2) is 0 Å². The summed E-state index contributed by atoms with van der Waals surface area (Å²) in [7, 11) is 0. The molecule has 0 atom stereocenters. The van der Waals surface area contributed by atoms with Gasteiger partial charge in [0.05, 0.1) is 5.52 Å². The summed E-state index contributed by atoms with van der Waals surface area (Å²) in [5, 5.41) is 0.741. The molecule has 1 aromatic heterocycles. The third-order valence-electron chi connectivity index (χ3n) is 2.64. The van der Waals surface area contributed by atoms with Gasteiger partial charge < -0.3 is 15.5 Å². The number of aromatic amines is 1. The first kappa shape index (κ1) is 12.8. The number of benzene rings is 1. The highest BCUT2D eigenvalue weighted by Gasteiger charge is 2.32. The molecule has 0 saturated carbocycles. The number of rotatable bonds is 4. The summed E-state index contributed by atoms with van der Waals surface area (Å²) in [6.45, 7) is 0.547. The lowest BCUT2D eigenvalue weighted by Crippen LogP contribution is -2.17. The number of para-hydroxylation sites is 1. The van der Waals surface area contributed by atoms with E-state index in [0.717, 1.165) is 23.8 Å². The first-order valence-electron chi connectivity index (χ1n) is 5.56. The summed E-state index contributed by atoms with van der Waals surface area (Å²) in [6, 6.07) is 4.60.